The molecule has 1 amide bonds. The molecule has 0 fully saturated rings. The number of esters is 1. The average Bonchev–Trinajstić information content (AvgIpc) is 3.22. The van der Waals surface area contributed by atoms with Gasteiger partial charge in [0.05, 0.1) is 25.4 Å². The number of carbonyl (C=O) groups excluding carboxylic acids is 2. The summed E-state index contributed by atoms with van der Waals surface area (Å²) in [6.45, 7) is 4.82. The number of nitrogens with one attached hydrogen (secondary N) is 1. The van der Waals surface area contributed by atoms with E-state index in [0.717, 1.165) is 70.6 Å². The summed E-state index contributed by atoms with van der Waals surface area (Å²) in [7, 11) is 0. The fourth-order valence-corrected chi connectivity index (χ4v) is 7.49. The van der Waals surface area contributed by atoms with Crippen molar-refractivity contribution in [3.05, 3.63) is 36.5 Å². The Morgan fingerprint density at radius 3 is 1.34 bits per heavy atom. The molecule has 0 radical (unpaired) electrons. The van der Waals surface area contributed by atoms with Crippen molar-refractivity contribution in [2.24, 2.45) is 0 Å². The van der Waals surface area contributed by atoms with Crippen molar-refractivity contribution < 1.29 is 24.5 Å². The van der Waals surface area contributed by atoms with Crippen LogP contribution in [0.25, 0.3) is 0 Å². The highest BCUT2D eigenvalue weighted by Crippen LogP contribution is 2.15. The van der Waals surface area contributed by atoms with Crippen LogP contribution in [-0.4, -0.2) is 47.4 Å². The van der Waals surface area contributed by atoms with Crippen LogP contribution in [0, 0.1) is 0 Å². The Hall–Kier alpha value is -1.92. The molecule has 0 aliphatic heterocycles. The number of hydrogen-bond donors (Lipinski definition) is 3. The van der Waals surface area contributed by atoms with E-state index in [1.165, 1.54) is 161 Å². The Labute approximate surface area is 360 Å². The summed E-state index contributed by atoms with van der Waals surface area (Å²) in [6.07, 6.45) is 57.0. The minimum Gasteiger partial charge on any atom is -0.466 e. The van der Waals surface area contributed by atoms with Crippen LogP contribution in [-0.2, 0) is 14.3 Å². The molecule has 3 N–H and O–H groups in total. The molecule has 0 rings (SSSR count). The van der Waals surface area contributed by atoms with Crippen LogP contribution < -0.4 is 5.32 Å². The van der Waals surface area contributed by atoms with E-state index in [9.17, 15) is 19.8 Å². The first-order valence-electron chi connectivity index (χ1n) is 25.3. The first-order chi connectivity index (χ1) is 28.5. The molecule has 0 saturated heterocycles. The van der Waals surface area contributed by atoms with Crippen molar-refractivity contribution in [2.45, 2.75) is 270 Å². The zero-order valence-electron chi connectivity index (χ0n) is 38.5. The van der Waals surface area contributed by atoms with Crippen LogP contribution in [0.2, 0.25) is 0 Å². The van der Waals surface area contributed by atoms with E-state index in [0.29, 0.717) is 19.4 Å². The largest absolute Gasteiger partial charge is 0.466 e. The predicted octanol–water partition coefficient (Wildman–Crippen LogP) is 14.9. The zero-order chi connectivity index (χ0) is 42.3. The monoisotopic (exact) mass is 816 g/mol. The van der Waals surface area contributed by atoms with E-state index < -0.39 is 12.1 Å². The van der Waals surface area contributed by atoms with E-state index in [1.54, 1.807) is 6.08 Å². The summed E-state index contributed by atoms with van der Waals surface area (Å²) in [4.78, 5) is 24.4. The van der Waals surface area contributed by atoms with Gasteiger partial charge in [-0.1, -0.05) is 217 Å². The number of aliphatic hydroxyl groups is 2. The second kappa shape index (κ2) is 47.8. The normalized spacial score (nSPS) is 13.0. The zero-order valence-corrected chi connectivity index (χ0v) is 38.5. The van der Waals surface area contributed by atoms with E-state index in [1.807, 2.05) is 6.08 Å². The second-order valence-electron chi connectivity index (χ2n) is 17.1. The van der Waals surface area contributed by atoms with Gasteiger partial charge in [-0.3, -0.25) is 9.59 Å². The minimum atomic E-state index is -0.857. The molecule has 6 nitrogen and oxygen atoms in total. The molecule has 340 valence electrons. The standard InChI is InChI=1S/C52H97NO5/c1-3-5-7-9-11-13-15-17-19-21-24-28-32-36-40-44-50(55)49(48-54)53-51(56)45-41-37-33-29-25-23-27-31-35-39-43-47-58-52(57)46-42-38-34-30-26-22-20-18-16-14-12-10-8-6-4-2/h12,14,18,20,40,44,49-50,54-55H,3-11,13,15-17,19,21-39,41-43,45-48H2,1-2H3,(H,53,56)/b14-12-,20-18-,44-40+. The van der Waals surface area contributed by atoms with Gasteiger partial charge in [-0.15, -0.1) is 0 Å². The average molecular weight is 816 g/mol. The molecule has 0 aliphatic carbocycles. The summed E-state index contributed by atoms with van der Waals surface area (Å²) in [5.74, 6) is -0.118. The number of ether oxygens (including phenoxy) is 1. The van der Waals surface area contributed by atoms with Crippen molar-refractivity contribution in [1.29, 1.82) is 0 Å². The maximum atomic E-state index is 12.4. The van der Waals surface area contributed by atoms with Crippen LogP contribution in [0.4, 0.5) is 0 Å². The molecule has 2 atom stereocenters. The number of amides is 1. The Bertz CT molecular complexity index is 946. The lowest BCUT2D eigenvalue weighted by atomic mass is 10.0. The van der Waals surface area contributed by atoms with Crippen molar-refractivity contribution in [2.75, 3.05) is 13.2 Å². The third kappa shape index (κ3) is 43.7. The molecular formula is C52H97NO5. The number of carbonyl (C=O) groups is 2. The van der Waals surface area contributed by atoms with Gasteiger partial charge in [-0.2, -0.15) is 0 Å². The number of aliphatic hydroxyl groups excluding tert-OH is 2. The van der Waals surface area contributed by atoms with Gasteiger partial charge >= 0.3 is 5.97 Å². The second-order valence-corrected chi connectivity index (χ2v) is 17.1. The van der Waals surface area contributed by atoms with Gasteiger partial charge in [-0.25, -0.2) is 0 Å². The van der Waals surface area contributed by atoms with Gasteiger partial charge in [0.2, 0.25) is 5.91 Å². The lowest BCUT2D eigenvalue weighted by Gasteiger charge is -2.20. The molecule has 58 heavy (non-hydrogen) atoms. The quantitative estimate of drug-likeness (QED) is 0.0323. The molecule has 6 heteroatoms. The molecule has 0 spiro atoms. The fraction of sp³-hybridized carbons (Fsp3) is 0.846. The van der Waals surface area contributed by atoms with E-state index in [4.69, 9.17) is 4.74 Å². The highest BCUT2D eigenvalue weighted by Gasteiger charge is 2.18. The Morgan fingerprint density at radius 2 is 0.862 bits per heavy atom. The smallest absolute Gasteiger partial charge is 0.305 e. The summed E-state index contributed by atoms with van der Waals surface area (Å²) in [5.41, 5.74) is 0. The summed E-state index contributed by atoms with van der Waals surface area (Å²) < 4.78 is 5.45. The maximum absolute atomic E-state index is 12.4. The van der Waals surface area contributed by atoms with Crippen molar-refractivity contribution >= 4 is 11.9 Å². The highest BCUT2D eigenvalue weighted by molar-refractivity contribution is 5.76. The van der Waals surface area contributed by atoms with Gasteiger partial charge in [0.15, 0.2) is 0 Å². The van der Waals surface area contributed by atoms with Crippen LogP contribution >= 0.6 is 0 Å². The first-order valence-corrected chi connectivity index (χ1v) is 25.3. The Kier molecular flexibility index (Phi) is 46.2. The van der Waals surface area contributed by atoms with E-state index in [2.05, 4.69) is 43.5 Å². The van der Waals surface area contributed by atoms with E-state index >= 15 is 0 Å². The van der Waals surface area contributed by atoms with Gasteiger partial charge in [0.25, 0.3) is 0 Å². The van der Waals surface area contributed by atoms with Gasteiger partial charge < -0.3 is 20.3 Å². The molecule has 0 aromatic heterocycles. The lowest BCUT2D eigenvalue weighted by molar-refractivity contribution is -0.143. The van der Waals surface area contributed by atoms with E-state index in [-0.39, 0.29) is 18.5 Å². The number of unbranched alkanes of at least 4 members (excludes halogenated alkanes) is 31. The lowest BCUT2D eigenvalue weighted by Crippen LogP contribution is -2.45. The predicted molar refractivity (Wildman–Crippen MR) is 250 cm³/mol. The molecule has 0 heterocycles. The van der Waals surface area contributed by atoms with Crippen LogP contribution in [0.15, 0.2) is 36.5 Å². The Balaban J connectivity index is 3.52. The van der Waals surface area contributed by atoms with Crippen molar-refractivity contribution in [1.82, 2.24) is 5.32 Å². The molecule has 0 aromatic carbocycles. The third-order valence-electron chi connectivity index (χ3n) is 11.4. The summed E-state index contributed by atoms with van der Waals surface area (Å²) in [6, 6.07) is -0.642. The highest BCUT2D eigenvalue weighted by atomic mass is 16.5. The number of hydrogen-bond acceptors (Lipinski definition) is 5. The fourth-order valence-electron chi connectivity index (χ4n) is 7.49. The van der Waals surface area contributed by atoms with Gasteiger partial charge in [0, 0.05) is 12.8 Å². The molecule has 0 saturated carbocycles. The van der Waals surface area contributed by atoms with Crippen LogP contribution in [0.5, 0.6) is 0 Å². The molecule has 0 bridgehead atoms. The molecule has 0 aromatic rings. The molecule has 2 unspecified atom stereocenters. The topological polar surface area (TPSA) is 95.9 Å². The minimum absolute atomic E-state index is 0.0300. The van der Waals surface area contributed by atoms with Crippen LogP contribution in [0.1, 0.15) is 258 Å². The van der Waals surface area contributed by atoms with Crippen molar-refractivity contribution in [3.8, 4) is 0 Å². The first kappa shape index (κ1) is 56.1. The third-order valence-corrected chi connectivity index (χ3v) is 11.4. The molecule has 0 aliphatic rings. The van der Waals surface area contributed by atoms with Gasteiger partial charge in [-0.05, 0) is 64.2 Å². The summed E-state index contributed by atoms with van der Waals surface area (Å²) in [5, 5.41) is 23.0. The molecular weight excluding hydrogens is 719 g/mol. The number of rotatable bonds is 46. The van der Waals surface area contributed by atoms with Crippen LogP contribution in [0.3, 0.4) is 0 Å². The van der Waals surface area contributed by atoms with Crippen molar-refractivity contribution in [3.63, 3.8) is 0 Å². The Morgan fingerprint density at radius 1 is 0.483 bits per heavy atom. The SMILES string of the molecule is CCCCC/C=C\C/C=C\CCCCCCCC(=O)OCCCCCCCCCCCCCC(=O)NC(CO)C(O)/C=C/CCCCCCCCCCCCCCC. The number of allylic oxidation sites excluding steroid dienone is 5. The maximum Gasteiger partial charge on any atom is 0.305 e. The summed E-state index contributed by atoms with van der Waals surface area (Å²) >= 11 is 0. The van der Waals surface area contributed by atoms with Gasteiger partial charge in [0.1, 0.15) is 0 Å².